The summed E-state index contributed by atoms with van der Waals surface area (Å²) in [4.78, 5) is 18.7. The molecule has 0 bridgehead atoms. The van der Waals surface area contributed by atoms with Gasteiger partial charge in [0.05, 0.1) is 6.54 Å². The number of aromatic nitrogens is 3. The van der Waals surface area contributed by atoms with Gasteiger partial charge in [0.15, 0.2) is 5.82 Å². The summed E-state index contributed by atoms with van der Waals surface area (Å²) >= 11 is 1.65. The molecule has 4 rings (SSSR count). The minimum absolute atomic E-state index is 0.213. The first-order chi connectivity index (χ1) is 13.2. The van der Waals surface area contributed by atoms with Crippen LogP contribution in [0.15, 0.2) is 72.1 Å². The molecule has 1 N–H and O–H groups in total. The Morgan fingerprint density at radius 1 is 1.04 bits per heavy atom. The van der Waals surface area contributed by atoms with Crippen molar-refractivity contribution in [3.63, 3.8) is 0 Å². The number of aryl methyl sites for hydroxylation is 1. The maximum absolute atomic E-state index is 13.0. The number of anilines is 1. The Kier molecular flexibility index (Phi) is 4.80. The zero-order valence-electron chi connectivity index (χ0n) is 14.8. The molecular weight excluding hydrogens is 356 g/mol. The minimum atomic E-state index is -0.213. The summed E-state index contributed by atoms with van der Waals surface area (Å²) in [6.07, 6.45) is 0. The van der Waals surface area contributed by atoms with Crippen LogP contribution in [0.3, 0.4) is 0 Å². The lowest BCUT2D eigenvalue weighted by molar-refractivity contribution is 0.0947. The molecule has 0 spiro atoms. The van der Waals surface area contributed by atoms with Gasteiger partial charge >= 0.3 is 0 Å². The molecule has 0 atom stereocenters. The highest BCUT2D eigenvalue weighted by Gasteiger charge is 2.18. The van der Waals surface area contributed by atoms with Crippen molar-refractivity contribution < 1.29 is 4.79 Å². The largest absolute Gasteiger partial charge is 0.349 e. The number of hydrogen-bond acceptors (Lipinski definition) is 5. The van der Waals surface area contributed by atoms with Crippen LogP contribution in [0.4, 0.5) is 5.95 Å². The van der Waals surface area contributed by atoms with E-state index in [1.165, 1.54) is 4.68 Å². The predicted octanol–water partition coefficient (Wildman–Crippen LogP) is 4.62. The molecule has 4 aromatic rings. The van der Waals surface area contributed by atoms with Crippen LogP contribution in [0.2, 0.25) is 0 Å². The van der Waals surface area contributed by atoms with E-state index < -0.39 is 0 Å². The van der Waals surface area contributed by atoms with Crippen molar-refractivity contribution in [2.24, 2.45) is 0 Å². The molecule has 6 heteroatoms. The first kappa shape index (κ1) is 17.2. The molecule has 134 valence electrons. The fourth-order valence-corrected chi connectivity index (χ4v) is 3.32. The molecule has 0 aliphatic heterocycles. The van der Waals surface area contributed by atoms with Gasteiger partial charge in [0.1, 0.15) is 0 Å². The summed E-state index contributed by atoms with van der Waals surface area (Å²) in [5, 5.41) is 9.75. The third-order valence-electron chi connectivity index (χ3n) is 4.13. The second-order valence-electron chi connectivity index (χ2n) is 6.14. The van der Waals surface area contributed by atoms with Crippen LogP contribution in [0.1, 0.15) is 20.8 Å². The third-order valence-corrected chi connectivity index (χ3v) is 5.01. The molecule has 0 amide bonds. The van der Waals surface area contributed by atoms with Gasteiger partial charge in [-0.1, -0.05) is 54.1 Å². The molecular formula is C21H18N4OS. The zero-order chi connectivity index (χ0) is 18.6. The van der Waals surface area contributed by atoms with E-state index in [0.29, 0.717) is 23.9 Å². The molecule has 2 heterocycles. The predicted molar refractivity (Wildman–Crippen MR) is 108 cm³/mol. The summed E-state index contributed by atoms with van der Waals surface area (Å²) in [6.45, 7) is 2.62. The molecule has 0 radical (unpaired) electrons. The van der Waals surface area contributed by atoms with Gasteiger partial charge < -0.3 is 5.32 Å². The molecule has 5 nitrogen and oxygen atoms in total. The van der Waals surface area contributed by atoms with Crippen LogP contribution in [0.5, 0.6) is 0 Å². The first-order valence-corrected chi connectivity index (χ1v) is 9.49. The van der Waals surface area contributed by atoms with E-state index in [0.717, 1.165) is 16.0 Å². The maximum atomic E-state index is 13.0. The Hall–Kier alpha value is -3.25. The summed E-state index contributed by atoms with van der Waals surface area (Å²) in [6, 6.07) is 21.1. The van der Waals surface area contributed by atoms with Gasteiger partial charge in [0.2, 0.25) is 5.95 Å². The number of nitrogens with zero attached hydrogens (tertiary/aromatic N) is 3. The van der Waals surface area contributed by atoms with E-state index in [-0.39, 0.29) is 5.91 Å². The molecule has 0 fully saturated rings. The van der Waals surface area contributed by atoms with Gasteiger partial charge in [-0.05, 0) is 30.5 Å². The molecule has 0 saturated heterocycles. The van der Waals surface area contributed by atoms with Crippen molar-refractivity contribution in [2.45, 2.75) is 13.5 Å². The van der Waals surface area contributed by atoms with E-state index in [9.17, 15) is 4.79 Å². The second kappa shape index (κ2) is 7.55. The van der Waals surface area contributed by atoms with E-state index >= 15 is 0 Å². The summed E-state index contributed by atoms with van der Waals surface area (Å²) in [5.41, 5.74) is 2.60. The second-order valence-corrected chi connectivity index (χ2v) is 7.17. The Balaban J connectivity index is 1.70. The Bertz CT molecular complexity index is 1040. The number of benzene rings is 2. The lowest BCUT2D eigenvalue weighted by Gasteiger charge is -2.06. The first-order valence-electron chi connectivity index (χ1n) is 8.61. The molecule has 2 aromatic carbocycles. The van der Waals surface area contributed by atoms with E-state index in [2.05, 4.69) is 15.4 Å². The number of hydrogen-bond donors (Lipinski definition) is 1. The van der Waals surface area contributed by atoms with Crippen molar-refractivity contribution in [1.29, 1.82) is 0 Å². The lowest BCUT2D eigenvalue weighted by atomic mass is 10.1. The minimum Gasteiger partial charge on any atom is -0.349 e. The van der Waals surface area contributed by atoms with E-state index in [1.54, 1.807) is 23.5 Å². The highest BCUT2D eigenvalue weighted by molar-refractivity contribution is 7.09. The Morgan fingerprint density at radius 3 is 2.52 bits per heavy atom. The molecule has 0 saturated carbocycles. The normalized spacial score (nSPS) is 10.7. The van der Waals surface area contributed by atoms with Crippen molar-refractivity contribution in [2.75, 3.05) is 5.32 Å². The van der Waals surface area contributed by atoms with Gasteiger partial charge in [0, 0.05) is 16.0 Å². The van der Waals surface area contributed by atoms with Crippen LogP contribution in [-0.4, -0.2) is 20.7 Å². The van der Waals surface area contributed by atoms with Gasteiger partial charge in [-0.25, -0.2) is 0 Å². The Morgan fingerprint density at radius 2 is 1.81 bits per heavy atom. The SMILES string of the molecule is Cc1ccc(-c2nc(NCc3cccs3)n(C(=O)c3ccccc3)n2)cc1. The molecule has 27 heavy (non-hydrogen) atoms. The smallest absolute Gasteiger partial charge is 0.281 e. The summed E-state index contributed by atoms with van der Waals surface area (Å²) in [5.74, 6) is 0.746. The number of carbonyl (C=O) groups is 1. The summed E-state index contributed by atoms with van der Waals surface area (Å²) < 4.78 is 1.35. The zero-order valence-corrected chi connectivity index (χ0v) is 15.6. The average Bonchev–Trinajstić information content (AvgIpc) is 3.37. The standard InChI is InChI=1S/C21H18N4OS/c1-15-9-11-16(12-10-15)19-23-21(22-14-18-8-5-13-27-18)25(24-19)20(26)17-6-3-2-4-7-17/h2-13H,14H2,1H3,(H,22,23,24). The van der Waals surface area contributed by atoms with E-state index in [1.807, 2.05) is 66.9 Å². The van der Waals surface area contributed by atoms with Crippen molar-refractivity contribution in [1.82, 2.24) is 14.8 Å². The fourth-order valence-electron chi connectivity index (χ4n) is 2.68. The van der Waals surface area contributed by atoms with Crippen LogP contribution in [0.25, 0.3) is 11.4 Å². The molecule has 2 aromatic heterocycles. The molecule has 0 aliphatic carbocycles. The van der Waals surface area contributed by atoms with Gasteiger partial charge in [-0.15, -0.1) is 16.4 Å². The Labute approximate surface area is 161 Å². The van der Waals surface area contributed by atoms with Crippen molar-refractivity contribution in [3.05, 3.63) is 88.1 Å². The highest BCUT2D eigenvalue weighted by Crippen LogP contribution is 2.20. The van der Waals surface area contributed by atoms with Crippen LogP contribution in [-0.2, 0) is 6.54 Å². The molecule has 0 unspecified atom stereocenters. The number of nitrogens with one attached hydrogen (secondary N) is 1. The summed E-state index contributed by atoms with van der Waals surface area (Å²) in [7, 11) is 0. The number of rotatable bonds is 5. The average molecular weight is 374 g/mol. The van der Waals surface area contributed by atoms with Crippen molar-refractivity contribution >= 4 is 23.2 Å². The highest BCUT2D eigenvalue weighted by atomic mass is 32.1. The van der Waals surface area contributed by atoms with Crippen LogP contribution >= 0.6 is 11.3 Å². The van der Waals surface area contributed by atoms with Gasteiger partial charge in [0.25, 0.3) is 5.91 Å². The lowest BCUT2D eigenvalue weighted by Crippen LogP contribution is -2.17. The monoisotopic (exact) mass is 374 g/mol. The topological polar surface area (TPSA) is 59.8 Å². The number of thiophene rings is 1. The quantitative estimate of drug-likeness (QED) is 0.554. The van der Waals surface area contributed by atoms with Crippen LogP contribution in [0, 0.1) is 6.92 Å². The van der Waals surface area contributed by atoms with Gasteiger partial charge in [-0.2, -0.15) is 9.67 Å². The van der Waals surface area contributed by atoms with Gasteiger partial charge in [-0.3, -0.25) is 4.79 Å². The fraction of sp³-hybridized carbons (Fsp3) is 0.0952. The van der Waals surface area contributed by atoms with Crippen molar-refractivity contribution in [3.8, 4) is 11.4 Å². The van der Waals surface area contributed by atoms with E-state index in [4.69, 9.17) is 0 Å². The molecule has 0 aliphatic rings. The third kappa shape index (κ3) is 3.80. The maximum Gasteiger partial charge on any atom is 0.281 e. The van der Waals surface area contributed by atoms with Crippen LogP contribution < -0.4 is 5.32 Å². The number of carbonyl (C=O) groups excluding carboxylic acids is 1.